The molecule has 0 bridgehead atoms. The summed E-state index contributed by atoms with van der Waals surface area (Å²) in [5.74, 6) is -0.250. The summed E-state index contributed by atoms with van der Waals surface area (Å²) < 4.78 is 42.6. The highest BCUT2D eigenvalue weighted by molar-refractivity contribution is 5.67. The van der Waals surface area contributed by atoms with Crippen LogP contribution in [0, 0.1) is 17.3 Å². The normalized spacial score (nSPS) is 20.0. The van der Waals surface area contributed by atoms with Gasteiger partial charge in [-0.15, -0.1) is 13.2 Å². The zero-order valence-electron chi connectivity index (χ0n) is 17.8. The summed E-state index contributed by atoms with van der Waals surface area (Å²) >= 11 is 0. The minimum absolute atomic E-state index is 0.148. The van der Waals surface area contributed by atoms with Crippen LogP contribution < -0.4 is 9.64 Å². The Hall–Kier alpha value is -1.92. The van der Waals surface area contributed by atoms with Gasteiger partial charge >= 0.3 is 12.3 Å². The number of carboxylic acids is 1. The minimum atomic E-state index is -4.70. The summed E-state index contributed by atoms with van der Waals surface area (Å²) in [4.78, 5) is 13.1. The third kappa shape index (κ3) is 6.29. The van der Waals surface area contributed by atoms with E-state index < -0.39 is 12.3 Å². The number of nitrogens with zero attached hydrogens (tertiary/aromatic N) is 1. The lowest BCUT2D eigenvalue weighted by atomic mass is 9.65. The topological polar surface area (TPSA) is 49.8 Å². The Labute approximate surface area is 176 Å². The predicted octanol–water partition coefficient (Wildman–Crippen LogP) is 6.04. The van der Waals surface area contributed by atoms with E-state index in [1.54, 1.807) is 0 Å². The van der Waals surface area contributed by atoms with E-state index in [1.165, 1.54) is 12.1 Å². The second kappa shape index (κ2) is 9.06. The molecule has 1 aromatic rings. The average molecular weight is 428 g/mol. The fraction of sp³-hybridized carbons (Fsp3) is 0.696. The molecular formula is C23H32F3NO3. The van der Waals surface area contributed by atoms with Gasteiger partial charge in [-0.2, -0.15) is 0 Å². The van der Waals surface area contributed by atoms with Gasteiger partial charge in [0.15, 0.2) is 0 Å². The molecule has 1 saturated carbocycles. The summed E-state index contributed by atoms with van der Waals surface area (Å²) in [5, 5.41) is 9.01. The van der Waals surface area contributed by atoms with Crippen LogP contribution in [0.1, 0.15) is 64.4 Å². The van der Waals surface area contributed by atoms with Crippen molar-refractivity contribution < 1.29 is 27.8 Å². The Bertz CT molecular complexity index is 730. The second-order valence-electron chi connectivity index (χ2n) is 9.51. The number of rotatable bonds is 6. The smallest absolute Gasteiger partial charge is 0.481 e. The number of anilines is 1. The van der Waals surface area contributed by atoms with Crippen molar-refractivity contribution in [2.45, 2.75) is 71.6 Å². The van der Waals surface area contributed by atoms with E-state index in [-0.39, 0.29) is 23.5 Å². The lowest BCUT2D eigenvalue weighted by Crippen LogP contribution is -2.42. The predicted molar refractivity (Wildman–Crippen MR) is 110 cm³/mol. The quantitative estimate of drug-likeness (QED) is 0.602. The van der Waals surface area contributed by atoms with Crippen molar-refractivity contribution in [3.63, 3.8) is 0 Å². The molecule has 0 radical (unpaired) electrons. The summed E-state index contributed by atoms with van der Waals surface area (Å²) in [7, 11) is 0. The van der Waals surface area contributed by atoms with Crippen molar-refractivity contribution in [1.29, 1.82) is 0 Å². The highest BCUT2D eigenvalue weighted by Gasteiger charge is 2.38. The molecule has 1 saturated heterocycles. The van der Waals surface area contributed by atoms with Crippen LogP contribution in [0.4, 0.5) is 18.9 Å². The molecule has 168 valence electrons. The summed E-state index contributed by atoms with van der Waals surface area (Å²) in [6, 6.07) is 4.98. The van der Waals surface area contributed by atoms with Gasteiger partial charge in [-0.25, -0.2) is 0 Å². The lowest BCUT2D eigenvalue weighted by Gasteiger charge is -2.46. The third-order valence-electron chi connectivity index (χ3n) is 6.65. The van der Waals surface area contributed by atoms with Crippen LogP contribution in [-0.4, -0.2) is 30.5 Å². The molecule has 2 fully saturated rings. The van der Waals surface area contributed by atoms with Crippen molar-refractivity contribution in [3.05, 3.63) is 23.8 Å². The molecule has 1 heterocycles. The number of benzene rings is 1. The van der Waals surface area contributed by atoms with Crippen molar-refractivity contribution in [2.75, 3.05) is 18.0 Å². The number of alkyl halides is 3. The van der Waals surface area contributed by atoms with Crippen molar-refractivity contribution in [1.82, 2.24) is 0 Å². The van der Waals surface area contributed by atoms with E-state index >= 15 is 0 Å². The SMILES string of the molecule is CC(C)Cc1cc(OC(F)(F)F)cc(N2CCC3(CCC(CC(=O)O)CC3)CC2)c1. The van der Waals surface area contributed by atoms with E-state index in [4.69, 9.17) is 5.11 Å². The van der Waals surface area contributed by atoms with E-state index in [2.05, 4.69) is 9.64 Å². The van der Waals surface area contributed by atoms with Gasteiger partial charge in [0, 0.05) is 31.3 Å². The standard InChI is InChI=1S/C23H32F3NO3/c1-16(2)11-18-12-19(15-20(13-18)30-23(24,25)26)27-9-7-22(8-10-27)5-3-17(4-6-22)14-21(28)29/h12-13,15-17H,3-11,14H2,1-2H3,(H,28,29). The molecule has 7 heteroatoms. The van der Waals surface area contributed by atoms with Gasteiger partial charge in [0.25, 0.3) is 0 Å². The van der Waals surface area contributed by atoms with E-state index in [9.17, 15) is 18.0 Å². The van der Waals surface area contributed by atoms with Crippen LogP contribution in [-0.2, 0) is 11.2 Å². The Kier molecular flexibility index (Phi) is 6.88. The Morgan fingerprint density at radius 1 is 1.17 bits per heavy atom. The number of aliphatic carboxylic acids is 1. The van der Waals surface area contributed by atoms with Crippen molar-refractivity contribution in [3.8, 4) is 5.75 Å². The molecule has 30 heavy (non-hydrogen) atoms. The molecule has 0 amide bonds. The highest BCUT2D eigenvalue weighted by atomic mass is 19.4. The maximum atomic E-state index is 12.8. The largest absolute Gasteiger partial charge is 0.573 e. The minimum Gasteiger partial charge on any atom is -0.481 e. The Balaban J connectivity index is 1.67. The number of carboxylic acid groups (broad SMARTS) is 1. The van der Waals surface area contributed by atoms with E-state index in [0.717, 1.165) is 62.9 Å². The number of halogens is 3. The van der Waals surface area contributed by atoms with Gasteiger partial charge < -0.3 is 14.7 Å². The summed E-state index contributed by atoms with van der Waals surface area (Å²) in [5.41, 5.74) is 1.91. The van der Waals surface area contributed by atoms with Crippen LogP contribution in [0.25, 0.3) is 0 Å². The van der Waals surface area contributed by atoms with Crippen LogP contribution in [0.2, 0.25) is 0 Å². The zero-order chi connectivity index (χ0) is 21.9. The van der Waals surface area contributed by atoms with Gasteiger partial charge in [0.1, 0.15) is 5.75 Å². The molecule has 0 atom stereocenters. The number of ether oxygens (including phenoxy) is 1. The average Bonchev–Trinajstić information content (AvgIpc) is 2.62. The molecule has 1 aliphatic carbocycles. The third-order valence-corrected chi connectivity index (χ3v) is 6.65. The molecule has 2 aliphatic rings. The van der Waals surface area contributed by atoms with Gasteiger partial charge in [0.05, 0.1) is 0 Å². The molecular weight excluding hydrogens is 395 g/mol. The van der Waals surface area contributed by atoms with Crippen LogP contribution in [0.15, 0.2) is 18.2 Å². The lowest BCUT2D eigenvalue weighted by molar-refractivity contribution is -0.274. The molecule has 1 spiro atoms. The molecule has 3 rings (SSSR count). The first-order valence-corrected chi connectivity index (χ1v) is 10.9. The summed E-state index contributed by atoms with van der Waals surface area (Å²) in [6.45, 7) is 5.70. The molecule has 0 aromatic heterocycles. The summed E-state index contributed by atoms with van der Waals surface area (Å²) in [6.07, 6.45) is 2.27. The number of carbonyl (C=O) groups is 1. The monoisotopic (exact) mass is 427 g/mol. The Morgan fingerprint density at radius 2 is 1.80 bits per heavy atom. The Morgan fingerprint density at radius 3 is 2.33 bits per heavy atom. The highest BCUT2D eigenvalue weighted by Crippen LogP contribution is 2.47. The first-order chi connectivity index (χ1) is 14.0. The fourth-order valence-corrected chi connectivity index (χ4v) is 5.09. The van der Waals surface area contributed by atoms with Gasteiger partial charge in [-0.1, -0.05) is 13.8 Å². The molecule has 1 aromatic carbocycles. The van der Waals surface area contributed by atoms with Crippen molar-refractivity contribution in [2.24, 2.45) is 17.3 Å². The van der Waals surface area contributed by atoms with Crippen LogP contribution in [0.5, 0.6) is 5.75 Å². The van der Waals surface area contributed by atoms with E-state index in [1.807, 2.05) is 19.9 Å². The molecule has 1 N–H and O–H groups in total. The van der Waals surface area contributed by atoms with Crippen molar-refractivity contribution >= 4 is 11.7 Å². The number of hydrogen-bond acceptors (Lipinski definition) is 3. The van der Waals surface area contributed by atoms with Gasteiger partial charge in [-0.3, -0.25) is 4.79 Å². The number of hydrogen-bond donors (Lipinski definition) is 1. The van der Waals surface area contributed by atoms with E-state index in [0.29, 0.717) is 12.3 Å². The fourth-order valence-electron chi connectivity index (χ4n) is 5.09. The molecule has 4 nitrogen and oxygen atoms in total. The second-order valence-corrected chi connectivity index (χ2v) is 9.51. The maximum Gasteiger partial charge on any atom is 0.573 e. The first-order valence-electron chi connectivity index (χ1n) is 10.9. The van der Waals surface area contributed by atoms with Crippen LogP contribution >= 0.6 is 0 Å². The van der Waals surface area contributed by atoms with Crippen LogP contribution in [0.3, 0.4) is 0 Å². The van der Waals surface area contributed by atoms with Gasteiger partial charge in [0.2, 0.25) is 0 Å². The molecule has 1 aliphatic heterocycles. The first kappa shape index (κ1) is 22.8. The van der Waals surface area contributed by atoms with Gasteiger partial charge in [-0.05, 0) is 79.9 Å². The molecule has 0 unspecified atom stereocenters. The number of piperidine rings is 1. The maximum absolute atomic E-state index is 12.8. The zero-order valence-corrected chi connectivity index (χ0v) is 17.8.